The van der Waals surface area contributed by atoms with E-state index in [1.54, 1.807) is 25.3 Å². The summed E-state index contributed by atoms with van der Waals surface area (Å²) in [6.07, 6.45) is -0.0157. The van der Waals surface area contributed by atoms with Gasteiger partial charge in [-0.2, -0.15) is 0 Å². The molecule has 0 saturated carbocycles. The molecule has 0 aliphatic carbocycles. The molecule has 0 aliphatic heterocycles. The van der Waals surface area contributed by atoms with Crippen LogP contribution in [0.2, 0.25) is 5.02 Å². The van der Waals surface area contributed by atoms with Gasteiger partial charge in [-0.15, -0.1) is 0 Å². The van der Waals surface area contributed by atoms with Gasteiger partial charge in [0, 0.05) is 17.2 Å². The highest BCUT2D eigenvalue weighted by Gasteiger charge is 2.18. The second kappa shape index (κ2) is 5.40. The van der Waals surface area contributed by atoms with Crippen molar-refractivity contribution in [3.63, 3.8) is 0 Å². The Morgan fingerprint density at radius 2 is 2.05 bits per heavy atom. The zero-order valence-electron chi connectivity index (χ0n) is 10.9. The van der Waals surface area contributed by atoms with E-state index in [4.69, 9.17) is 31.3 Å². The van der Waals surface area contributed by atoms with Crippen LogP contribution in [0.1, 0.15) is 13.8 Å². The predicted molar refractivity (Wildman–Crippen MR) is 73.7 cm³/mol. The van der Waals surface area contributed by atoms with Crippen molar-refractivity contribution in [2.24, 2.45) is 0 Å². The maximum Gasteiger partial charge on any atom is 0.222 e. The number of methoxy groups -OCH3 is 1. The number of hydrogen-bond donors (Lipinski definition) is 1. The first-order valence-corrected chi connectivity index (χ1v) is 6.15. The van der Waals surface area contributed by atoms with E-state index in [2.05, 4.69) is 5.16 Å². The highest BCUT2D eigenvalue weighted by Crippen LogP contribution is 2.41. The number of nitrogens with zero attached hydrogens (tertiary/aromatic N) is 1. The molecule has 0 fully saturated rings. The number of aromatic nitrogens is 1. The van der Waals surface area contributed by atoms with Crippen LogP contribution in [0.4, 0.5) is 5.88 Å². The lowest BCUT2D eigenvalue weighted by atomic mass is 10.1. The molecule has 6 heteroatoms. The number of hydrogen-bond acceptors (Lipinski definition) is 5. The van der Waals surface area contributed by atoms with Gasteiger partial charge in [-0.1, -0.05) is 16.8 Å². The van der Waals surface area contributed by atoms with Crippen LogP contribution in [0, 0.1) is 0 Å². The van der Waals surface area contributed by atoms with Gasteiger partial charge in [0.2, 0.25) is 5.88 Å². The zero-order valence-corrected chi connectivity index (χ0v) is 11.7. The summed E-state index contributed by atoms with van der Waals surface area (Å²) < 4.78 is 16.0. The monoisotopic (exact) mass is 282 g/mol. The molecule has 19 heavy (non-hydrogen) atoms. The molecule has 0 bridgehead atoms. The molecule has 0 aliphatic rings. The normalized spacial score (nSPS) is 10.8. The van der Waals surface area contributed by atoms with Crippen LogP contribution < -0.4 is 15.2 Å². The standard InChI is InChI=1S/C13H15ClN2O3/c1-7(2)18-13-9(10-6-12(15)19-16-10)4-8(14)5-11(13)17-3/h4-7H,15H2,1-3H3. The summed E-state index contributed by atoms with van der Waals surface area (Å²) in [5.41, 5.74) is 6.77. The lowest BCUT2D eigenvalue weighted by Gasteiger charge is -2.16. The average molecular weight is 283 g/mol. The molecule has 0 unspecified atom stereocenters. The Morgan fingerprint density at radius 1 is 1.32 bits per heavy atom. The first-order valence-electron chi connectivity index (χ1n) is 5.78. The van der Waals surface area contributed by atoms with Crippen molar-refractivity contribution in [1.82, 2.24) is 5.16 Å². The van der Waals surface area contributed by atoms with Crippen molar-refractivity contribution in [3.05, 3.63) is 23.2 Å². The molecule has 1 aromatic carbocycles. The molecule has 0 atom stereocenters. The number of nitrogens with two attached hydrogens (primary N) is 1. The lowest BCUT2D eigenvalue weighted by molar-refractivity contribution is 0.231. The predicted octanol–water partition coefficient (Wildman–Crippen LogP) is 3.37. The number of halogens is 1. The smallest absolute Gasteiger partial charge is 0.222 e. The number of ether oxygens (including phenoxy) is 2. The molecule has 0 saturated heterocycles. The summed E-state index contributed by atoms with van der Waals surface area (Å²) >= 11 is 6.07. The van der Waals surface area contributed by atoms with Crippen LogP contribution in [0.15, 0.2) is 22.7 Å². The summed E-state index contributed by atoms with van der Waals surface area (Å²) in [5.74, 6) is 1.33. The van der Waals surface area contributed by atoms with Crippen LogP contribution >= 0.6 is 11.6 Å². The van der Waals surface area contributed by atoms with Gasteiger partial charge in [-0.3, -0.25) is 0 Å². The van der Waals surface area contributed by atoms with E-state index < -0.39 is 0 Å². The van der Waals surface area contributed by atoms with E-state index in [0.29, 0.717) is 27.8 Å². The maximum absolute atomic E-state index is 6.07. The van der Waals surface area contributed by atoms with Gasteiger partial charge in [0.15, 0.2) is 11.5 Å². The molecule has 0 radical (unpaired) electrons. The van der Waals surface area contributed by atoms with Gasteiger partial charge in [-0.25, -0.2) is 0 Å². The van der Waals surface area contributed by atoms with Gasteiger partial charge in [0.1, 0.15) is 5.69 Å². The highest BCUT2D eigenvalue weighted by molar-refractivity contribution is 6.31. The van der Waals surface area contributed by atoms with Gasteiger partial charge < -0.3 is 19.7 Å². The molecule has 1 aromatic heterocycles. The number of anilines is 1. The molecule has 5 nitrogen and oxygen atoms in total. The van der Waals surface area contributed by atoms with E-state index in [1.807, 2.05) is 13.8 Å². The minimum absolute atomic E-state index is 0.0157. The fourth-order valence-corrected chi connectivity index (χ4v) is 1.89. The Kier molecular flexibility index (Phi) is 3.85. The summed E-state index contributed by atoms with van der Waals surface area (Å²) in [7, 11) is 1.56. The molecule has 2 aromatic rings. The maximum atomic E-state index is 6.07. The molecular formula is C13H15ClN2O3. The lowest BCUT2D eigenvalue weighted by Crippen LogP contribution is -2.08. The third-order valence-electron chi connectivity index (χ3n) is 2.40. The molecule has 2 N–H and O–H groups in total. The Labute approximate surface area is 116 Å². The van der Waals surface area contributed by atoms with Crippen LogP contribution in [-0.4, -0.2) is 18.4 Å². The molecule has 0 amide bonds. The van der Waals surface area contributed by atoms with E-state index in [-0.39, 0.29) is 12.0 Å². The van der Waals surface area contributed by atoms with Crippen LogP contribution in [0.3, 0.4) is 0 Å². The summed E-state index contributed by atoms with van der Waals surface area (Å²) in [5, 5.41) is 4.39. The number of benzene rings is 1. The summed E-state index contributed by atoms with van der Waals surface area (Å²) in [6.45, 7) is 3.85. The van der Waals surface area contributed by atoms with Gasteiger partial charge >= 0.3 is 0 Å². The molecule has 0 spiro atoms. The molecule has 102 valence electrons. The van der Waals surface area contributed by atoms with E-state index >= 15 is 0 Å². The fraction of sp³-hybridized carbons (Fsp3) is 0.308. The molecular weight excluding hydrogens is 268 g/mol. The molecule has 2 rings (SSSR count). The van der Waals surface area contributed by atoms with Crippen LogP contribution in [-0.2, 0) is 0 Å². The first kappa shape index (κ1) is 13.5. The van der Waals surface area contributed by atoms with Gasteiger partial charge in [0.25, 0.3) is 0 Å². The average Bonchev–Trinajstić information content (AvgIpc) is 2.77. The number of nitrogen functional groups attached to an aromatic ring is 1. The Bertz CT molecular complexity index is 581. The van der Waals surface area contributed by atoms with Crippen molar-refractivity contribution in [2.75, 3.05) is 12.8 Å². The van der Waals surface area contributed by atoms with Crippen molar-refractivity contribution in [2.45, 2.75) is 20.0 Å². The SMILES string of the molecule is COc1cc(Cl)cc(-c2cc(N)on2)c1OC(C)C. The Morgan fingerprint density at radius 3 is 2.58 bits per heavy atom. The first-order chi connectivity index (χ1) is 9.01. The van der Waals surface area contributed by atoms with E-state index in [1.165, 1.54) is 0 Å². The van der Waals surface area contributed by atoms with Crippen molar-refractivity contribution in [1.29, 1.82) is 0 Å². The molecule has 1 heterocycles. The topological polar surface area (TPSA) is 70.5 Å². The van der Waals surface area contributed by atoms with Crippen molar-refractivity contribution in [3.8, 4) is 22.8 Å². The van der Waals surface area contributed by atoms with E-state index in [0.717, 1.165) is 0 Å². The minimum Gasteiger partial charge on any atom is -0.493 e. The van der Waals surface area contributed by atoms with Crippen molar-refractivity contribution < 1.29 is 14.0 Å². The third-order valence-corrected chi connectivity index (χ3v) is 2.62. The largest absolute Gasteiger partial charge is 0.493 e. The number of rotatable bonds is 4. The summed E-state index contributed by atoms with van der Waals surface area (Å²) in [6, 6.07) is 5.03. The zero-order chi connectivity index (χ0) is 14.0. The van der Waals surface area contributed by atoms with Crippen molar-refractivity contribution >= 4 is 17.5 Å². The Hall–Kier alpha value is -1.88. The van der Waals surface area contributed by atoms with Gasteiger partial charge in [0.05, 0.1) is 18.8 Å². The minimum atomic E-state index is -0.0157. The van der Waals surface area contributed by atoms with Crippen LogP contribution in [0.5, 0.6) is 11.5 Å². The summed E-state index contributed by atoms with van der Waals surface area (Å²) in [4.78, 5) is 0. The Balaban J connectivity index is 2.59. The quantitative estimate of drug-likeness (QED) is 0.931. The second-order valence-electron chi connectivity index (χ2n) is 4.27. The van der Waals surface area contributed by atoms with Crippen LogP contribution in [0.25, 0.3) is 11.3 Å². The highest BCUT2D eigenvalue weighted by atomic mass is 35.5. The fourth-order valence-electron chi connectivity index (χ4n) is 1.68. The van der Waals surface area contributed by atoms with E-state index in [9.17, 15) is 0 Å². The van der Waals surface area contributed by atoms with Gasteiger partial charge in [-0.05, 0) is 19.9 Å². The third kappa shape index (κ3) is 2.93. The second-order valence-corrected chi connectivity index (χ2v) is 4.70.